The molecule has 3 aromatic rings. The summed E-state index contributed by atoms with van der Waals surface area (Å²) in [6, 6.07) is 14.7. The summed E-state index contributed by atoms with van der Waals surface area (Å²) in [5.74, 6) is -0.0912. The van der Waals surface area contributed by atoms with E-state index in [9.17, 15) is 4.79 Å². The van der Waals surface area contributed by atoms with E-state index in [1.807, 2.05) is 30.3 Å². The van der Waals surface area contributed by atoms with E-state index >= 15 is 0 Å². The van der Waals surface area contributed by atoms with Gasteiger partial charge in [-0.1, -0.05) is 45.7 Å². The Kier molecular flexibility index (Phi) is 3.55. The maximum atomic E-state index is 12.5. The molecule has 98 valence electrons. The molecule has 0 spiro atoms. The number of aromatic nitrogens is 1. The number of para-hydroxylation sites is 1. The standard InChI is InChI=1S/C16H9BrClNO/c17-13-6-11(7-14(18)8-13)16(20)12-5-10-3-1-2-4-15(10)19-9-12/h1-9H. The summed E-state index contributed by atoms with van der Waals surface area (Å²) >= 11 is 9.32. The highest BCUT2D eigenvalue weighted by Gasteiger charge is 2.11. The number of fused-ring (bicyclic) bond motifs is 1. The molecule has 2 nitrogen and oxygen atoms in total. The molecule has 0 saturated heterocycles. The number of hydrogen-bond donors (Lipinski definition) is 0. The van der Waals surface area contributed by atoms with Crippen LogP contribution < -0.4 is 0 Å². The van der Waals surface area contributed by atoms with Crippen LogP contribution in [0.1, 0.15) is 15.9 Å². The smallest absolute Gasteiger partial charge is 0.194 e. The van der Waals surface area contributed by atoms with Gasteiger partial charge >= 0.3 is 0 Å². The molecule has 20 heavy (non-hydrogen) atoms. The molecule has 0 radical (unpaired) electrons. The molecular formula is C16H9BrClNO. The van der Waals surface area contributed by atoms with Crippen molar-refractivity contribution in [3.05, 3.63) is 75.4 Å². The zero-order valence-corrected chi connectivity index (χ0v) is 12.6. The first-order valence-corrected chi connectivity index (χ1v) is 7.16. The zero-order chi connectivity index (χ0) is 14.1. The van der Waals surface area contributed by atoms with Crippen LogP contribution in [0.2, 0.25) is 5.02 Å². The van der Waals surface area contributed by atoms with Crippen LogP contribution >= 0.6 is 27.5 Å². The van der Waals surface area contributed by atoms with E-state index in [2.05, 4.69) is 20.9 Å². The Hall–Kier alpha value is -1.71. The first-order valence-electron chi connectivity index (χ1n) is 5.99. The lowest BCUT2D eigenvalue weighted by molar-refractivity contribution is 0.103. The van der Waals surface area contributed by atoms with E-state index in [0.29, 0.717) is 16.1 Å². The van der Waals surface area contributed by atoms with Crippen LogP contribution in [0, 0.1) is 0 Å². The quantitative estimate of drug-likeness (QED) is 0.619. The highest BCUT2D eigenvalue weighted by Crippen LogP contribution is 2.22. The van der Waals surface area contributed by atoms with Gasteiger partial charge in [0.25, 0.3) is 0 Å². The summed E-state index contributed by atoms with van der Waals surface area (Å²) in [6.45, 7) is 0. The van der Waals surface area contributed by atoms with Gasteiger partial charge in [-0.05, 0) is 30.3 Å². The first-order chi connectivity index (χ1) is 9.63. The van der Waals surface area contributed by atoms with Crippen LogP contribution in [0.5, 0.6) is 0 Å². The van der Waals surface area contributed by atoms with Crippen LogP contribution in [0.15, 0.2) is 59.2 Å². The minimum atomic E-state index is -0.0912. The van der Waals surface area contributed by atoms with Gasteiger partial charge in [0.2, 0.25) is 0 Å². The van der Waals surface area contributed by atoms with Gasteiger partial charge in [-0.25, -0.2) is 0 Å². The molecule has 0 saturated carbocycles. The summed E-state index contributed by atoms with van der Waals surface area (Å²) in [6.07, 6.45) is 1.60. The third kappa shape index (κ3) is 2.60. The number of carbonyl (C=O) groups is 1. The van der Waals surface area contributed by atoms with Gasteiger partial charge in [0, 0.05) is 32.2 Å². The van der Waals surface area contributed by atoms with Gasteiger partial charge in [-0.2, -0.15) is 0 Å². The molecule has 0 N–H and O–H groups in total. The SMILES string of the molecule is O=C(c1cc(Cl)cc(Br)c1)c1cnc2ccccc2c1. The Bertz CT molecular complexity index is 796. The maximum absolute atomic E-state index is 12.5. The lowest BCUT2D eigenvalue weighted by Crippen LogP contribution is -2.02. The normalized spacial score (nSPS) is 10.7. The fraction of sp³-hybridized carbons (Fsp3) is 0. The second-order valence-corrected chi connectivity index (χ2v) is 5.76. The zero-order valence-electron chi connectivity index (χ0n) is 10.3. The molecule has 0 bridgehead atoms. The highest BCUT2D eigenvalue weighted by molar-refractivity contribution is 9.10. The number of rotatable bonds is 2. The first kappa shape index (κ1) is 13.3. The van der Waals surface area contributed by atoms with Crippen molar-refractivity contribution in [2.45, 2.75) is 0 Å². The summed E-state index contributed by atoms with van der Waals surface area (Å²) in [7, 11) is 0. The third-order valence-electron chi connectivity index (χ3n) is 2.98. The molecule has 0 aliphatic rings. The van der Waals surface area contributed by atoms with E-state index in [-0.39, 0.29) is 5.78 Å². The predicted octanol–water partition coefficient (Wildman–Crippen LogP) is 4.88. The molecule has 0 unspecified atom stereocenters. The number of nitrogens with zero attached hydrogens (tertiary/aromatic N) is 1. The lowest BCUT2D eigenvalue weighted by Gasteiger charge is -2.04. The van der Waals surface area contributed by atoms with Crippen molar-refractivity contribution in [3.63, 3.8) is 0 Å². The summed E-state index contributed by atoms with van der Waals surface area (Å²) in [4.78, 5) is 16.8. The Balaban J connectivity index is 2.07. The Morgan fingerprint density at radius 2 is 1.85 bits per heavy atom. The van der Waals surface area contributed by atoms with Crippen molar-refractivity contribution in [3.8, 4) is 0 Å². The highest BCUT2D eigenvalue weighted by atomic mass is 79.9. The lowest BCUT2D eigenvalue weighted by atomic mass is 10.0. The molecule has 1 heterocycles. The monoisotopic (exact) mass is 345 g/mol. The van der Waals surface area contributed by atoms with Crippen LogP contribution in [0.4, 0.5) is 0 Å². The fourth-order valence-electron chi connectivity index (χ4n) is 2.05. The number of pyridine rings is 1. The molecule has 2 aromatic carbocycles. The second kappa shape index (κ2) is 5.35. The van der Waals surface area contributed by atoms with Crippen LogP contribution in [0.3, 0.4) is 0 Å². The van der Waals surface area contributed by atoms with E-state index in [4.69, 9.17) is 11.6 Å². The van der Waals surface area contributed by atoms with Gasteiger partial charge in [-0.15, -0.1) is 0 Å². The van der Waals surface area contributed by atoms with Crippen molar-refractivity contribution < 1.29 is 4.79 Å². The van der Waals surface area contributed by atoms with Crippen molar-refractivity contribution in [2.24, 2.45) is 0 Å². The maximum Gasteiger partial charge on any atom is 0.194 e. The van der Waals surface area contributed by atoms with Gasteiger partial charge in [0.05, 0.1) is 5.52 Å². The Labute approximate surface area is 129 Å². The van der Waals surface area contributed by atoms with E-state index in [1.165, 1.54) is 0 Å². The Morgan fingerprint density at radius 3 is 2.65 bits per heavy atom. The third-order valence-corrected chi connectivity index (χ3v) is 3.65. The van der Waals surface area contributed by atoms with Gasteiger partial charge in [-0.3, -0.25) is 9.78 Å². The Morgan fingerprint density at radius 1 is 1.05 bits per heavy atom. The van der Waals surface area contributed by atoms with E-state index < -0.39 is 0 Å². The minimum Gasteiger partial charge on any atom is -0.289 e. The molecule has 0 aliphatic carbocycles. The van der Waals surface area contributed by atoms with Gasteiger partial charge in [0.15, 0.2) is 5.78 Å². The molecular weight excluding hydrogens is 338 g/mol. The molecule has 0 amide bonds. The molecule has 3 rings (SSSR count). The number of hydrogen-bond acceptors (Lipinski definition) is 2. The number of benzene rings is 2. The summed E-state index contributed by atoms with van der Waals surface area (Å²) in [5, 5.41) is 1.47. The van der Waals surface area contributed by atoms with Gasteiger partial charge < -0.3 is 0 Å². The van der Waals surface area contributed by atoms with Crippen LogP contribution in [0.25, 0.3) is 10.9 Å². The second-order valence-electron chi connectivity index (χ2n) is 4.40. The van der Waals surface area contributed by atoms with Crippen molar-refractivity contribution >= 4 is 44.2 Å². The number of halogens is 2. The predicted molar refractivity (Wildman–Crippen MR) is 84.3 cm³/mol. The molecule has 4 heteroatoms. The van der Waals surface area contributed by atoms with Gasteiger partial charge in [0.1, 0.15) is 0 Å². The fourth-order valence-corrected chi connectivity index (χ4v) is 2.91. The summed E-state index contributed by atoms with van der Waals surface area (Å²) in [5.41, 5.74) is 1.97. The molecule has 0 fully saturated rings. The van der Waals surface area contributed by atoms with E-state index in [0.717, 1.165) is 15.4 Å². The van der Waals surface area contributed by atoms with Crippen molar-refractivity contribution in [1.82, 2.24) is 4.98 Å². The average molecular weight is 347 g/mol. The van der Waals surface area contributed by atoms with Crippen LogP contribution in [-0.4, -0.2) is 10.8 Å². The van der Waals surface area contributed by atoms with Crippen molar-refractivity contribution in [1.29, 1.82) is 0 Å². The molecule has 1 aromatic heterocycles. The molecule has 0 aliphatic heterocycles. The van der Waals surface area contributed by atoms with Crippen LogP contribution in [-0.2, 0) is 0 Å². The summed E-state index contributed by atoms with van der Waals surface area (Å²) < 4.78 is 0.780. The van der Waals surface area contributed by atoms with E-state index in [1.54, 1.807) is 24.4 Å². The number of ketones is 1. The topological polar surface area (TPSA) is 30.0 Å². The number of carbonyl (C=O) groups excluding carboxylic acids is 1. The van der Waals surface area contributed by atoms with Crippen molar-refractivity contribution in [2.75, 3.05) is 0 Å². The molecule has 0 atom stereocenters. The average Bonchev–Trinajstić information content (AvgIpc) is 2.45. The minimum absolute atomic E-state index is 0.0912. The largest absolute Gasteiger partial charge is 0.289 e.